The molecule has 6 nitrogen and oxygen atoms in total. The molecule has 0 spiro atoms. The molecule has 3 aromatic rings. The fourth-order valence-electron chi connectivity index (χ4n) is 3.32. The van der Waals surface area contributed by atoms with E-state index in [9.17, 15) is 14.4 Å². The molecule has 1 aliphatic rings. The van der Waals surface area contributed by atoms with E-state index >= 15 is 0 Å². The summed E-state index contributed by atoms with van der Waals surface area (Å²) < 4.78 is 7.14. The number of benzene rings is 3. The first kappa shape index (κ1) is 24.2. The van der Waals surface area contributed by atoms with Crippen LogP contribution in [0.1, 0.15) is 16.7 Å². The molecule has 0 unspecified atom stereocenters. The summed E-state index contributed by atoms with van der Waals surface area (Å²) in [6.45, 7) is 2.15. The van der Waals surface area contributed by atoms with Gasteiger partial charge in [0.1, 0.15) is 17.9 Å². The summed E-state index contributed by atoms with van der Waals surface area (Å²) in [5.41, 5.74) is 2.58. The van der Waals surface area contributed by atoms with Crippen LogP contribution in [-0.4, -0.2) is 17.8 Å². The molecule has 4 rings (SSSR count). The van der Waals surface area contributed by atoms with Crippen LogP contribution in [0.4, 0.5) is 10.5 Å². The number of carbonyl (C=O) groups is 3. The lowest BCUT2D eigenvalue weighted by molar-refractivity contribution is -0.122. The summed E-state index contributed by atoms with van der Waals surface area (Å²) in [5.74, 6) is -0.925. The molecule has 0 aliphatic carbocycles. The molecule has 0 atom stereocenters. The summed E-state index contributed by atoms with van der Waals surface area (Å²) in [5, 5.41) is 2.83. The number of anilines is 1. The zero-order valence-corrected chi connectivity index (χ0v) is 21.7. The van der Waals surface area contributed by atoms with E-state index in [1.54, 1.807) is 42.5 Å². The Labute approximate surface area is 217 Å². The van der Waals surface area contributed by atoms with Crippen molar-refractivity contribution in [1.82, 2.24) is 5.32 Å². The van der Waals surface area contributed by atoms with Crippen molar-refractivity contribution in [3.63, 3.8) is 0 Å². The number of carbonyl (C=O) groups excluding carboxylic acids is 3. The van der Waals surface area contributed by atoms with E-state index in [0.29, 0.717) is 31.0 Å². The van der Waals surface area contributed by atoms with Crippen molar-refractivity contribution >= 4 is 73.1 Å². The van der Waals surface area contributed by atoms with E-state index < -0.39 is 17.8 Å². The highest BCUT2D eigenvalue weighted by molar-refractivity contribution is 9.11. The first-order valence-electron chi connectivity index (χ1n) is 10.1. The van der Waals surface area contributed by atoms with Crippen molar-refractivity contribution in [3.8, 4) is 5.75 Å². The molecular weight excluding hydrogens is 588 g/mol. The predicted octanol–water partition coefficient (Wildman–Crippen LogP) is 6.42. The third-order valence-electron chi connectivity index (χ3n) is 5.06. The number of ether oxygens (including phenoxy) is 1. The van der Waals surface area contributed by atoms with Gasteiger partial charge in [-0.05, 0) is 80.8 Å². The van der Waals surface area contributed by atoms with Gasteiger partial charge >= 0.3 is 6.03 Å². The van der Waals surface area contributed by atoms with E-state index in [2.05, 4.69) is 37.2 Å². The highest BCUT2D eigenvalue weighted by atomic mass is 79.9. The number of hydrogen-bond acceptors (Lipinski definition) is 4. The highest BCUT2D eigenvalue weighted by Crippen LogP contribution is 2.36. The molecule has 4 amide bonds. The molecule has 1 N–H and O–H groups in total. The van der Waals surface area contributed by atoms with E-state index in [0.717, 1.165) is 16.0 Å². The number of amides is 4. The molecule has 3 aromatic carbocycles. The number of imide groups is 2. The Morgan fingerprint density at radius 1 is 1.00 bits per heavy atom. The summed E-state index contributed by atoms with van der Waals surface area (Å²) in [6.07, 6.45) is 1.43. The fraction of sp³-hybridized carbons (Fsp3) is 0.0800. The molecule has 0 aromatic heterocycles. The van der Waals surface area contributed by atoms with Gasteiger partial charge in [0.2, 0.25) is 0 Å². The van der Waals surface area contributed by atoms with Crippen LogP contribution in [-0.2, 0) is 16.2 Å². The van der Waals surface area contributed by atoms with Crippen molar-refractivity contribution in [1.29, 1.82) is 0 Å². The number of nitrogens with zero attached hydrogens (tertiary/aromatic N) is 1. The third-order valence-corrected chi connectivity index (χ3v) is 6.60. The highest BCUT2D eigenvalue weighted by Gasteiger charge is 2.36. The number of halogens is 3. The molecule has 1 heterocycles. The normalized spacial score (nSPS) is 15.0. The summed E-state index contributed by atoms with van der Waals surface area (Å²) in [6, 6.07) is 16.9. The van der Waals surface area contributed by atoms with Crippen LogP contribution >= 0.6 is 43.5 Å². The average Bonchev–Trinajstić information content (AvgIpc) is 2.78. The Morgan fingerprint density at radius 3 is 2.29 bits per heavy atom. The molecule has 1 saturated heterocycles. The zero-order valence-electron chi connectivity index (χ0n) is 17.8. The van der Waals surface area contributed by atoms with Crippen molar-refractivity contribution in [2.45, 2.75) is 13.5 Å². The molecular formula is C25H17Br2ClN2O4. The van der Waals surface area contributed by atoms with Crippen LogP contribution in [0.15, 0.2) is 75.2 Å². The number of barbiturate groups is 1. The second kappa shape index (κ2) is 10.1. The minimum absolute atomic E-state index is 0.163. The molecule has 34 heavy (non-hydrogen) atoms. The van der Waals surface area contributed by atoms with Gasteiger partial charge in [0.05, 0.1) is 14.6 Å². The first-order chi connectivity index (χ1) is 16.2. The summed E-state index contributed by atoms with van der Waals surface area (Å²) in [4.78, 5) is 38.9. The zero-order chi connectivity index (χ0) is 24.4. The lowest BCUT2D eigenvalue weighted by Gasteiger charge is -2.26. The van der Waals surface area contributed by atoms with Crippen LogP contribution in [0.2, 0.25) is 5.02 Å². The smallest absolute Gasteiger partial charge is 0.335 e. The van der Waals surface area contributed by atoms with Crippen molar-refractivity contribution in [3.05, 3.63) is 96.9 Å². The molecule has 1 aliphatic heterocycles. The quantitative estimate of drug-likeness (QED) is 0.270. The van der Waals surface area contributed by atoms with Crippen LogP contribution in [0.3, 0.4) is 0 Å². The lowest BCUT2D eigenvalue weighted by atomic mass is 10.1. The Hall–Kier alpha value is -2.94. The monoisotopic (exact) mass is 602 g/mol. The maximum absolute atomic E-state index is 13.1. The Kier molecular flexibility index (Phi) is 7.21. The SMILES string of the molecule is Cc1ccc(N2C(=O)NC(=O)/C(=C\c3cc(Br)c(OCc4ccccc4Cl)c(Br)c3)C2=O)cc1. The average molecular weight is 605 g/mol. The van der Waals surface area contributed by atoms with E-state index in [4.69, 9.17) is 16.3 Å². The van der Waals surface area contributed by atoms with Crippen LogP contribution in [0, 0.1) is 6.92 Å². The Bertz CT molecular complexity index is 1320. The first-order valence-corrected chi connectivity index (χ1v) is 12.0. The van der Waals surface area contributed by atoms with Gasteiger partial charge in [0.25, 0.3) is 11.8 Å². The standard InChI is InChI=1S/C25H17Br2ClN2O4/c1-14-6-8-17(9-7-14)30-24(32)18(23(31)29-25(30)33)10-15-11-19(26)22(20(27)12-15)34-13-16-4-2-3-5-21(16)28/h2-12H,13H2,1H3,(H,29,31,33)/b18-10+. The van der Waals surface area contributed by atoms with E-state index in [1.165, 1.54) is 6.08 Å². The van der Waals surface area contributed by atoms with Gasteiger partial charge in [-0.25, -0.2) is 9.69 Å². The fourth-order valence-corrected chi connectivity index (χ4v) is 4.96. The van der Waals surface area contributed by atoms with Gasteiger partial charge in [-0.3, -0.25) is 14.9 Å². The number of urea groups is 1. The second-order valence-corrected chi connectivity index (χ2v) is 9.60. The predicted molar refractivity (Wildman–Crippen MR) is 138 cm³/mol. The summed E-state index contributed by atoms with van der Waals surface area (Å²) in [7, 11) is 0. The van der Waals surface area contributed by atoms with Gasteiger partial charge in [-0.15, -0.1) is 0 Å². The number of hydrogen-bond donors (Lipinski definition) is 1. The maximum atomic E-state index is 13.1. The molecule has 0 bridgehead atoms. The van der Waals surface area contributed by atoms with Gasteiger partial charge < -0.3 is 4.74 Å². The second-order valence-electron chi connectivity index (χ2n) is 7.49. The molecule has 1 fully saturated rings. The van der Waals surface area contributed by atoms with Gasteiger partial charge in [-0.1, -0.05) is 47.5 Å². The summed E-state index contributed by atoms with van der Waals surface area (Å²) >= 11 is 13.2. The van der Waals surface area contributed by atoms with Gasteiger partial charge in [0.15, 0.2) is 0 Å². The minimum Gasteiger partial charge on any atom is -0.486 e. The number of rotatable bonds is 5. The number of aryl methyl sites for hydroxylation is 1. The topological polar surface area (TPSA) is 75.7 Å². The largest absolute Gasteiger partial charge is 0.486 e. The molecule has 0 radical (unpaired) electrons. The molecule has 172 valence electrons. The van der Waals surface area contributed by atoms with Crippen molar-refractivity contribution in [2.24, 2.45) is 0 Å². The van der Waals surface area contributed by atoms with Crippen LogP contribution in [0.25, 0.3) is 6.08 Å². The van der Waals surface area contributed by atoms with E-state index in [-0.39, 0.29) is 12.2 Å². The van der Waals surface area contributed by atoms with Crippen LogP contribution < -0.4 is 15.0 Å². The van der Waals surface area contributed by atoms with Crippen molar-refractivity contribution < 1.29 is 19.1 Å². The minimum atomic E-state index is -0.790. The number of nitrogens with one attached hydrogen (secondary N) is 1. The maximum Gasteiger partial charge on any atom is 0.335 e. The van der Waals surface area contributed by atoms with E-state index in [1.807, 2.05) is 25.1 Å². The Balaban J connectivity index is 1.61. The van der Waals surface area contributed by atoms with Gasteiger partial charge in [0, 0.05) is 10.6 Å². The third kappa shape index (κ3) is 5.09. The lowest BCUT2D eigenvalue weighted by Crippen LogP contribution is -2.54. The van der Waals surface area contributed by atoms with Crippen molar-refractivity contribution in [2.75, 3.05) is 4.90 Å². The van der Waals surface area contributed by atoms with Crippen LogP contribution in [0.5, 0.6) is 5.75 Å². The Morgan fingerprint density at radius 2 is 1.65 bits per heavy atom. The molecule has 0 saturated carbocycles. The molecule has 9 heteroatoms. The van der Waals surface area contributed by atoms with Gasteiger partial charge in [-0.2, -0.15) is 0 Å².